The van der Waals surface area contributed by atoms with Crippen molar-refractivity contribution in [2.45, 2.75) is 38.6 Å². The smallest absolute Gasteiger partial charge is 0.270 e. The number of hydrogen-bond acceptors (Lipinski definition) is 6. The Bertz CT molecular complexity index is 1210. The molecule has 190 valence electrons. The molecule has 0 N–H and O–H groups in total. The fraction of sp³-hybridized carbons (Fsp3) is 0.462. The predicted octanol–water partition coefficient (Wildman–Crippen LogP) is 2.68. The van der Waals surface area contributed by atoms with E-state index < -0.39 is 28.2 Å². The van der Waals surface area contributed by atoms with Gasteiger partial charge in [0.05, 0.1) is 4.92 Å². The molecule has 0 radical (unpaired) electrons. The van der Waals surface area contributed by atoms with Crippen LogP contribution in [0.2, 0.25) is 0 Å². The molecule has 2 amide bonds. The van der Waals surface area contributed by atoms with E-state index in [1.165, 1.54) is 41.4 Å². The van der Waals surface area contributed by atoms with Gasteiger partial charge < -0.3 is 9.80 Å². The molecule has 4 rings (SSSR count). The molecule has 0 aliphatic carbocycles. The van der Waals surface area contributed by atoms with E-state index in [2.05, 4.69) is 6.92 Å². The molecule has 0 bridgehead atoms. The average molecular weight is 495 g/mol. The Balaban J connectivity index is 1.53. The number of aromatic nitrogens is 1. The van der Waals surface area contributed by atoms with Gasteiger partial charge in [-0.05, 0) is 37.7 Å². The third-order valence-corrected chi connectivity index (χ3v) is 7.20. The number of rotatable bonds is 6. The summed E-state index contributed by atoms with van der Waals surface area (Å²) in [5.74, 6) is -0.684. The number of nitrogens with zero attached hydrogens (tertiary/aromatic N) is 4. The van der Waals surface area contributed by atoms with Crippen LogP contribution in [0.1, 0.15) is 49.0 Å². The van der Waals surface area contributed by atoms with Crippen LogP contribution < -0.4 is 5.56 Å². The maximum Gasteiger partial charge on any atom is 0.270 e. The SMILES string of the molecule is CC1CCN(C(=O)C2CCN(C(=O)C(C(=O)c3cccc([N+](=O)[O-])c3)n3ccccc3=O)CC2)CC1. The van der Waals surface area contributed by atoms with E-state index in [0.29, 0.717) is 31.8 Å². The highest BCUT2D eigenvalue weighted by Crippen LogP contribution is 2.26. The number of nitro groups is 1. The highest BCUT2D eigenvalue weighted by molar-refractivity contribution is 6.12. The van der Waals surface area contributed by atoms with Crippen LogP contribution in [0.15, 0.2) is 53.5 Å². The van der Waals surface area contributed by atoms with Gasteiger partial charge in [0.2, 0.25) is 5.91 Å². The van der Waals surface area contributed by atoms with Crippen molar-refractivity contribution in [3.63, 3.8) is 0 Å². The summed E-state index contributed by atoms with van der Waals surface area (Å²) in [5.41, 5.74) is -0.833. The molecule has 3 heterocycles. The normalized spacial score (nSPS) is 18.0. The van der Waals surface area contributed by atoms with Crippen LogP contribution in [0.25, 0.3) is 0 Å². The molecule has 1 aromatic heterocycles. The number of hydrogen-bond donors (Lipinski definition) is 0. The maximum atomic E-state index is 13.6. The Morgan fingerprint density at radius 3 is 2.25 bits per heavy atom. The van der Waals surface area contributed by atoms with Crippen molar-refractivity contribution in [3.8, 4) is 0 Å². The molecular formula is C26H30N4O6. The van der Waals surface area contributed by atoms with Gasteiger partial charge in [0.25, 0.3) is 17.2 Å². The summed E-state index contributed by atoms with van der Waals surface area (Å²) in [7, 11) is 0. The van der Waals surface area contributed by atoms with E-state index in [0.717, 1.165) is 36.6 Å². The summed E-state index contributed by atoms with van der Waals surface area (Å²) in [4.78, 5) is 66.7. The minimum atomic E-state index is -1.49. The van der Waals surface area contributed by atoms with Gasteiger partial charge in [-0.3, -0.25) is 33.9 Å². The number of nitro benzene ring substituents is 1. The third kappa shape index (κ3) is 5.37. The van der Waals surface area contributed by atoms with Gasteiger partial charge in [-0.15, -0.1) is 0 Å². The first-order valence-electron chi connectivity index (χ1n) is 12.3. The van der Waals surface area contributed by atoms with Crippen molar-refractivity contribution in [2.24, 2.45) is 11.8 Å². The Morgan fingerprint density at radius 2 is 1.61 bits per heavy atom. The van der Waals surface area contributed by atoms with Crippen LogP contribution in [0, 0.1) is 22.0 Å². The largest absolute Gasteiger partial charge is 0.342 e. The van der Waals surface area contributed by atoms with E-state index in [1.54, 1.807) is 6.07 Å². The lowest BCUT2D eigenvalue weighted by Crippen LogP contribution is -2.49. The van der Waals surface area contributed by atoms with E-state index >= 15 is 0 Å². The number of likely N-dealkylation sites (tertiary alicyclic amines) is 2. The number of non-ortho nitro benzene ring substituents is 1. The fourth-order valence-corrected chi connectivity index (χ4v) is 4.95. The molecule has 1 aromatic carbocycles. The zero-order valence-corrected chi connectivity index (χ0v) is 20.2. The minimum absolute atomic E-state index is 0.0253. The Labute approximate surface area is 208 Å². The standard InChI is InChI=1S/C26H30N4O6/c1-18-8-13-27(14-9-18)25(33)19-10-15-28(16-11-19)26(34)23(29-12-3-2-7-22(29)31)24(32)20-5-4-6-21(17-20)30(35)36/h2-7,12,17-19,23H,8-11,13-16H2,1H3. The van der Waals surface area contributed by atoms with Crippen molar-refractivity contribution in [3.05, 3.63) is 74.7 Å². The second-order valence-electron chi connectivity index (χ2n) is 9.63. The topological polar surface area (TPSA) is 123 Å². The van der Waals surface area contributed by atoms with Crippen LogP contribution >= 0.6 is 0 Å². The number of ketones is 1. The Hall–Kier alpha value is -3.82. The highest BCUT2D eigenvalue weighted by Gasteiger charge is 2.37. The van der Waals surface area contributed by atoms with Crippen LogP contribution in [0.5, 0.6) is 0 Å². The second-order valence-corrected chi connectivity index (χ2v) is 9.63. The zero-order valence-electron chi connectivity index (χ0n) is 20.2. The van der Waals surface area contributed by atoms with Gasteiger partial charge in [0.1, 0.15) is 0 Å². The molecule has 10 nitrogen and oxygen atoms in total. The van der Waals surface area contributed by atoms with Crippen molar-refractivity contribution in [2.75, 3.05) is 26.2 Å². The van der Waals surface area contributed by atoms with Gasteiger partial charge in [0, 0.05) is 62.1 Å². The summed E-state index contributed by atoms with van der Waals surface area (Å²) in [6, 6.07) is 7.96. The minimum Gasteiger partial charge on any atom is -0.342 e. The second kappa shape index (κ2) is 10.8. The lowest BCUT2D eigenvalue weighted by Gasteiger charge is -2.37. The van der Waals surface area contributed by atoms with Gasteiger partial charge in [-0.25, -0.2) is 0 Å². The summed E-state index contributed by atoms with van der Waals surface area (Å²) >= 11 is 0. The van der Waals surface area contributed by atoms with Crippen LogP contribution in [0.3, 0.4) is 0 Å². The average Bonchev–Trinajstić information content (AvgIpc) is 2.90. The monoisotopic (exact) mass is 494 g/mol. The Kier molecular flexibility index (Phi) is 7.61. The van der Waals surface area contributed by atoms with Crippen molar-refractivity contribution < 1.29 is 19.3 Å². The molecule has 2 fully saturated rings. The first-order chi connectivity index (χ1) is 17.3. The number of amides is 2. The molecule has 2 aliphatic rings. The number of carbonyl (C=O) groups is 3. The first-order valence-corrected chi connectivity index (χ1v) is 12.3. The van der Waals surface area contributed by atoms with E-state index in [9.17, 15) is 29.3 Å². The molecule has 2 aliphatic heterocycles. The van der Waals surface area contributed by atoms with Gasteiger partial charge >= 0.3 is 0 Å². The zero-order chi connectivity index (χ0) is 25.8. The number of carbonyl (C=O) groups excluding carboxylic acids is 3. The molecule has 0 saturated carbocycles. The summed E-state index contributed by atoms with van der Waals surface area (Å²) in [6.45, 7) is 4.29. The van der Waals surface area contributed by atoms with Crippen LogP contribution in [-0.2, 0) is 9.59 Å². The summed E-state index contributed by atoms with van der Waals surface area (Å²) in [6.07, 6.45) is 4.33. The molecule has 0 spiro atoms. The fourth-order valence-electron chi connectivity index (χ4n) is 4.95. The number of benzene rings is 1. The highest BCUT2D eigenvalue weighted by atomic mass is 16.6. The summed E-state index contributed by atoms with van der Waals surface area (Å²) in [5, 5.41) is 11.2. The van der Waals surface area contributed by atoms with E-state index in [4.69, 9.17) is 0 Å². The van der Waals surface area contributed by atoms with Crippen LogP contribution in [0.4, 0.5) is 5.69 Å². The quantitative estimate of drug-likeness (QED) is 0.263. The predicted molar refractivity (Wildman–Crippen MR) is 131 cm³/mol. The van der Waals surface area contributed by atoms with Crippen molar-refractivity contribution in [1.82, 2.24) is 14.4 Å². The molecular weight excluding hydrogens is 464 g/mol. The number of pyridine rings is 1. The third-order valence-electron chi connectivity index (χ3n) is 7.20. The molecule has 2 aromatic rings. The lowest BCUT2D eigenvalue weighted by molar-refractivity contribution is -0.384. The lowest BCUT2D eigenvalue weighted by atomic mass is 9.92. The first kappa shape index (κ1) is 25.3. The molecule has 10 heteroatoms. The van der Waals surface area contributed by atoms with Crippen molar-refractivity contribution >= 4 is 23.3 Å². The van der Waals surface area contributed by atoms with Crippen LogP contribution in [-0.4, -0.2) is 63.1 Å². The number of piperidine rings is 2. The van der Waals surface area contributed by atoms with E-state index in [1.807, 2.05) is 4.90 Å². The van der Waals surface area contributed by atoms with Gasteiger partial charge in [-0.1, -0.05) is 25.1 Å². The van der Waals surface area contributed by atoms with Gasteiger partial charge in [-0.2, -0.15) is 0 Å². The Morgan fingerprint density at radius 1 is 0.944 bits per heavy atom. The van der Waals surface area contributed by atoms with E-state index in [-0.39, 0.29) is 23.1 Å². The molecule has 1 atom stereocenters. The molecule has 2 saturated heterocycles. The molecule has 36 heavy (non-hydrogen) atoms. The molecule has 1 unspecified atom stereocenters. The maximum absolute atomic E-state index is 13.6. The van der Waals surface area contributed by atoms with Crippen molar-refractivity contribution in [1.29, 1.82) is 0 Å². The summed E-state index contributed by atoms with van der Waals surface area (Å²) < 4.78 is 1.07. The van der Waals surface area contributed by atoms with Gasteiger partial charge in [0.15, 0.2) is 11.8 Å². The number of Topliss-reactive ketones (excluding diaryl/α,β-unsaturated/α-hetero) is 1.